The number of nitrogens with one attached hydrogen (secondary N) is 1. The molecule has 0 bridgehead atoms. The number of benzene rings is 1. The molecular weight excluding hydrogens is 296 g/mol. The van der Waals surface area contributed by atoms with Gasteiger partial charge in [0.25, 0.3) is 3.79 Å². The van der Waals surface area contributed by atoms with Gasteiger partial charge < -0.3 is 9.84 Å². The van der Waals surface area contributed by atoms with E-state index in [-0.39, 0.29) is 6.61 Å². The van der Waals surface area contributed by atoms with Crippen LogP contribution in [0, 0.1) is 5.41 Å². The van der Waals surface area contributed by atoms with Gasteiger partial charge in [0.05, 0.1) is 6.10 Å². The van der Waals surface area contributed by atoms with Crippen LogP contribution in [-0.4, -0.2) is 21.4 Å². The molecule has 98 valence electrons. The number of aliphatic hydroxyl groups is 1. The molecule has 0 spiro atoms. The maximum atomic E-state index is 9.77. The largest absolute Gasteiger partial charge is 0.474 e. The van der Waals surface area contributed by atoms with Crippen molar-refractivity contribution in [3.63, 3.8) is 0 Å². The van der Waals surface area contributed by atoms with Crippen LogP contribution in [0.1, 0.15) is 11.7 Å². The van der Waals surface area contributed by atoms with Crippen molar-refractivity contribution in [2.45, 2.75) is 9.90 Å². The van der Waals surface area contributed by atoms with Crippen LogP contribution in [0.5, 0.6) is 0 Å². The summed E-state index contributed by atoms with van der Waals surface area (Å²) in [5.41, 5.74) is 0.769. The molecule has 1 atom stereocenters. The highest BCUT2D eigenvalue weighted by atomic mass is 35.6. The minimum absolute atomic E-state index is 0.0522. The molecule has 0 amide bonds. The summed E-state index contributed by atoms with van der Waals surface area (Å²) in [7, 11) is 0. The molecule has 1 aromatic rings. The molecule has 0 aliphatic rings. The Labute approximate surface area is 120 Å². The normalized spacial score (nSPS) is 13.6. The van der Waals surface area contributed by atoms with Gasteiger partial charge in [0.2, 0.25) is 5.90 Å². The molecule has 0 aromatic heterocycles. The van der Waals surface area contributed by atoms with E-state index in [0.29, 0.717) is 0 Å². The van der Waals surface area contributed by atoms with E-state index >= 15 is 0 Å². The van der Waals surface area contributed by atoms with Crippen LogP contribution in [0.2, 0.25) is 0 Å². The molecule has 6 heteroatoms. The van der Waals surface area contributed by atoms with E-state index < -0.39 is 15.8 Å². The Hall–Kier alpha value is -0.740. The van der Waals surface area contributed by atoms with E-state index in [0.717, 1.165) is 5.56 Å². The van der Waals surface area contributed by atoms with Crippen LogP contribution in [0.25, 0.3) is 0 Å². The fourth-order valence-electron chi connectivity index (χ4n) is 1.16. The SMILES string of the molecule is N=C(OC/C=C/C(O)c1ccccc1)C(Cl)(Cl)Cl. The molecule has 1 rings (SSSR count). The average Bonchev–Trinajstić information content (AvgIpc) is 2.34. The quantitative estimate of drug-likeness (QED) is 0.386. The van der Waals surface area contributed by atoms with Gasteiger partial charge in [-0.1, -0.05) is 71.2 Å². The number of hydrogen-bond donors (Lipinski definition) is 2. The number of hydrogen-bond acceptors (Lipinski definition) is 3. The fraction of sp³-hybridized carbons (Fsp3) is 0.250. The van der Waals surface area contributed by atoms with Crippen molar-refractivity contribution < 1.29 is 9.84 Å². The fourth-order valence-corrected chi connectivity index (χ4v) is 1.32. The predicted molar refractivity (Wildman–Crippen MR) is 74.5 cm³/mol. The molecule has 18 heavy (non-hydrogen) atoms. The molecule has 1 aromatic carbocycles. The zero-order valence-electron chi connectivity index (χ0n) is 9.32. The number of rotatable bonds is 4. The van der Waals surface area contributed by atoms with Gasteiger partial charge in [0.15, 0.2) is 0 Å². The third-order valence-corrected chi connectivity index (χ3v) is 2.56. The van der Waals surface area contributed by atoms with Gasteiger partial charge in [-0.3, -0.25) is 5.41 Å². The topological polar surface area (TPSA) is 53.3 Å². The highest BCUT2D eigenvalue weighted by Gasteiger charge is 2.28. The van der Waals surface area contributed by atoms with Crippen molar-refractivity contribution in [1.82, 2.24) is 0 Å². The van der Waals surface area contributed by atoms with Crippen molar-refractivity contribution >= 4 is 40.7 Å². The van der Waals surface area contributed by atoms with Crippen LogP contribution in [0.4, 0.5) is 0 Å². The van der Waals surface area contributed by atoms with Gasteiger partial charge in [-0.05, 0) is 11.6 Å². The lowest BCUT2D eigenvalue weighted by atomic mass is 10.1. The van der Waals surface area contributed by atoms with Crippen molar-refractivity contribution in [3.05, 3.63) is 48.0 Å². The zero-order valence-corrected chi connectivity index (χ0v) is 11.6. The first-order valence-corrected chi connectivity index (χ1v) is 6.23. The maximum Gasteiger partial charge on any atom is 0.265 e. The zero-order chi connectivity index (χ0) is 13.6. The summed E-state index contributed by atoms with van der Waals surface area (Å²) in [6, 6.07) is 9.15. The summed E-state index contributed by atoms with van der Waals surface area (Å²) < 4.78 is 3.03. The molecule has 0 saturated carbocycles. The predicted octanol–water partition coefficient (Wildman–Crippen LogP) is 3.64. The third-order valence-electron chi connectivity index (χ3n) is 2.04. The molecule has 0 heterocycles. The minimum atomic E-state index is -1.86. The van der Waals surface area contributed by atoms with Gasteiger partial charge in [-0.15, -0.1) is 0 Å². The second-order valence-electron chi connectivity index (χ2n) is 3.42. The Morgan fingerprint density at radius 1 is 1.33 bits per heavy atom. The van der Waals surface area contributed by atoms with Crippen molar-refractivity contribution in [2.24, 2.45) is 0 Å². The summed E-state index contributed by atoms with van der Waals surface area (Å²) in [6.07, 6.45) is 2.38. The molecule has 1 unspecified atom stereocenters. The van der Waals surface area contributed by atoms with E-state index in [9.17, 15) is 5.11 Å². The molecule has 2 N–H and O–H groups in total. The van der Waals surface area contributed by atoms with E-state index in [2.05, 4.69) is 0 Å². The third kappa shape index (κ3) is 5.27. The molecule has 3 nitrogen and oxygen atoms in total. The van der Waals surface area contributed by atoms with Crippen LogP contribution in [0.15, 0.2) is 42.5 Å². The molecule has 0 saturated heterocycles. The maximum absolute atomic E-state index is 9.77. The standard InChI is InChI=1S/C12H12Cl3NO2/c13-12(14,15)11(16)18-8-4-7-10(17)9-5-2-1-3-6-9/h1-7,10,16-17H,8H2/b7-4+,16-11?. The first kappa shape index (κ1) is 15.3. The minimum Gasteiger partial charge on any atom is -0.474 e. The number of alkyl halides is 3. The highest BCUT2D eigenvalue weighted by Crippen LogP contribution is 2.27. The second-order valence-corrected chi connectivity index (χ2v) is 5.70. The van der Waals surface area contributed by atoms with E-state index in [1.807, 2.05) is 18.2 Å². The van der Waals surface area contributed by atoms with Gasteiger partial charge in [-0.2, -0.15) is 0 Å². The average molecular weight is 309 g/mol. The van der Waals surface area contributed by atoms with Crippen molar-refractivity contribution in [1.29, 1.82) is 5.41 Å². The lowest BCUT2D eigenvalue weighted by Gasteiger charge is -2.12. The molecule has 0 aliphatic heterocycles. The smallest absolute Gasteiger partial charge is 0.265 e. The van der Waals surface area contributed by atoms with E-state index in [1.54, 1.807) is 24.3 Å². The summed E-state index contributed by atoms with van der Waals surface area (Å²) >= 11 is 16.3. The summed E-state index contributed by atoms with van der Waals surface area (Å²) in [5.74, 6) is -0.452. The van der Waals surface area contributed by atoms with Gasteiger partial charge in [0.1, 0.15) is 6.61 Å². The van der Waals surface area contributed by atoms with Gasteiger partial charge in [0, 0.05) is 0 Å². The van der Waals surface area contributed by atoms with Crippen LogP contribution >= 0.6 is 34.8 Å². The first-order chi connectivity index (χ1) is 8.41. The lowest BCUT2D eigenvalue weighted by molar-refractivity contribution is 0.227. The van der Waals surface area contributed by atoms with E-state index in [4.69, 9.17) is 44.9 Å². The number of halogens is 3. The highest BCUT2D eigenvalue weighted by molar-refractivity contribution is 6.76. The Kier molecular flexibility index (Phi) is 5.96. The van der Waals surface area contributed by atoms with Gasteiger partial charge >= 0.3 is 0 Å². The summed E-state index contributed by atoms with van der Waals surface area (Å²) in [4.78, 5) is 0. The summed E-state index contributed by atoms with van der Waals surface area (Å²) in [5, 5.41) is 17.0. The molecule has 0 radical (unpaired) electrons. The van der Waals surface area contributed by atoms with Crippen LogP contribution in [0.3, 0.4) is 0 Å². The Bertz CT molecular complexity index is 415. The van der Waals surface area contributed by atoms with Crippen LogP contribution < -0.4 is 0 Å². The number of aliphatic hydroxyl groups excluding tert-OH is 1. The van der Waals surface area contributed by atoms with Crippen molar-refractivity contribution in [3.8, 4) is 0 Å². The molecule has 0 aliphatic carbocycles. The molecular formula is C12H12Cl3NO2. The molecule has 0 fully saturated rings. The Balaban J connectivity index is 2.40. The van der Waals surface area contributed by atoms with E-state index in [1.165, 1.54) is 0 Å². The Morgan fingerprint density at radius 2 is 1.94 bits per heavy atom. The monoisotopic (exact) mass is 307 g/mol. The van der Waals surface area contributed by atoms with Crippen molar-refractivity contribution in [2.75, 3.05) is 6.61 Å². The second kappa shape index (κ2) is 7.00. The lowest BCUT2D eigenvalue weighted by Crippen LogP contribution is -2.21. The summed E-state index contributed by atoms with van der Waals surface area (Å²) in [6.45, 7) is 0.0522. The van der Waals surface area contributed by atoms with Gasteiger partial charge in [-0.25, -0.2) is 0 Å². The number of ether oxygens (including phenoxy) is 1. The Morgan fingerprint density at radius 3 is 2.50 bits per heavy atom. The first-order valence-electron chi connectivity index (χ1n) is 5.09. The van der Waals surface area contributed by atoms with Crippen LogP contribution in [-0.2, 0) is 4.74 Å².